The van der Waals surface area contributed by atoms with E-state index in [1.807, 2.05) is 19.0 Å². The third kappa shape index (κ3) is 7.26. The van der Waals surface area contributed by atoms with Crippen molar-refractivity contribution in [2.75, 3.05) is 27.2 Å². The monoisotopic (exact) mass is 294 g/mol. The summed E-state index contributed by atoms with van der Waals surface area (Å²) >= 11 is 0. The van der Waals surface area contributed by atoms with Gasteiger partial charge in [-0.25, -0.2) is 0 Å². The van der Waals surface area contributed by atoms with Crippen LogP contribution < -0.4 is 5.73 Å². The number of rotatable bonds is 9. The second kappa shape index (κ2) is 8.26. The van der Waals surface area contributed by atoms with Crippen molar-refractivity contribution in [3.63, 3.8) is 0 Å². The van der Waals surface area contributed by atoms with Gasteiger partial charge in [-0.1, -0.05) is 0 Å². The molecule has 0 aliphatic carbocycles. The van der Waals surface area contributed by atoms with Crippen LogP contribution in [0.4, 0.5) is 0 Å². The van der Waals surface area contributed by atoms with E-state index in [0.29, 0.717) is 13.0 Å². The van der Waals surface area contributed by atoms with Gasteiger partial charge in [-0.3, -0.25) is 9.35 Å². The predicted molar refractivity (Wildman–Crippen MR) is 71.9 cm³/mol. The van der Waals surface area contributed by atoms with Gasteiger partial charge in [-0.2, -0.15) is 8.42 Å². The first-order valence-corrected chi connectivity index (χ1v) is 7.39. The highest BCUT2D eigenvalue weighted by Crippen LogP contribution is 2.21. The molecule has 0 saturated heterocycles. The zero-order valence-electron chi connectivity index (χ0n) is 11.3. The van der Waals surface area contributed by atoms with Gasteiger partial charge in [0.05, 0.1) is 4.91 Å². The number of carbonyl (C=O) groups excluding carboxylic acids is 1. The number of allylic oxidation sites excluding steroid dienone is 1. The molecule has 0 aliphatic rings. The van der Waals surface area contributed by atoms with Gasteiger partial charge in [0, 0.05) is 12.2 Å². The number of hydrogen-bond donors (Lipinski definition) is 3. The molecule has 1 amide bonds. The first-order chi connectivity index (χ1) is 8.70. The van der Waals surface area contributed by atoms with Gasteiger partial charge in [0.1, 0.15) is 0 Å². The zero-order valence-corrected chi connectivity index (χ0v) is 12.1. The molecular weight excluding hydrogens is 272 g/mol. The van der Waals surface area contributed by atoms with Gasteiger partial charge in [0.2, 0.25) is 5.91 Å². The Labute approximate surface area is 113 Å². The van der Waals surface area contributed by atoms with Crippen LogP contribution in [-0.2, 0) is 14.9 Å². The number of nitrogens with two attached hydrogens (primary N) is 1. The van der Waals surface area contributed by atoms with E-state index in [9.17, 15) is 13.2 Å². The van der Waals surface area contributed by atoms with E-state index < -0.39 is 16.0 Å². The quantitative estimate of drug-likeness (QED) is 0.397. The van der Waals surface area contributed by atoms with Crippen molar-refractivity contribution in [1.82, 2.24) is 4.90 Å². The van der Waals surface area contributed by atoms with E-state index >= 15 is 0 Å². The number of aliphatic hydroxyl groups excluding tert-OH is 1. The summed E-state index contributed by atoms with van der Waals surface area (Å²) in [5.41, 5.74) is 5.09. The molecule has 0 unspecified atom stereocenters. The molecule has 0 radical (unpaired) electrons. The van der Waals surface area contributed by atoms with Crippen LogP contribution in [0.2, 0.25) is 0 Å². The van der Waals surface area contributed by atoms with Crippen molar-refractivity contribution in [2.45, 2.75) is 25.7 Å². The Bertz CT molecular complexity index is 428. The Kier molecular flexibility index (Phi) is 7.84. The average Bonchev–Trinajstić information content (AvgIpc) is 2.24. The summed E-state index contributed by atoms with van der Waals surface area (Å²) in [6, 6.07) is 0. The Morgan fingerprint density at radius 1 is 1.21 bits per heavy atom. The Morgan fingerprint density at radius 3 is 2.16 bits per heavy atom. The highest BCUT2D eigenvalue weighted by atomic mass is 32.2. The molecule has 0 aromatic rings. The van der Waals surface area contributed by atoms with Crippen LogP contribution >= 0.6 is 0 Å². The molecular formula is C11H22N2O5S. The van der Waals surface area contributed by atoms with Crippen LogP contribution in [0.25, 0.3) is 0 Å². The summed E-state index contributed by atoms with van der Waals surface area (Å²) < 4.78 is 31.7. The third-order valence-corrected chi connectivity index (χ3v) is 3.61. The van der Waals surface area contributed by atoms with Gasteiger partial charge < -0.3 is 15.7 Å². The van der Waals surface area contributed by atoms with Crippen LogP contribution in [-0.4, -0.2) is 56.1 Å². The number of carbonyl (C=O) groups is 1. The number of primary amides is 1. The standard InChI is InChI=1S/C11H22N2O5S/c1-13(2)7-3-5-9(11(12)15)10(6-4-8-14)19(16,17)18/h14H,3-8H2,1-2H3,(H2,12,15)(H,16,17,18). The Morgan fingerprint density at radius 2 is 1.79 bits per heavy atom. The van der Waals surface area contributed by atoms with Gasteiger partial charge in [0.15, 0.2) is 0 Å². The molecule has 8 heteroatoms. The van der Waals surface area contributed by atoms with Crippen molar-refractivity contribution < 1.29 is 22.9 Å². The summed E-state index contributed by atoms with van der Waals surface area (Å²) in [5, 5.41) is 8.73. The molecule has 112 valence electrons. The third-order valence-electron chi connectivity index (χ3n) is 2.54. The van der Waals surface area contributed by atoms with Crippen molar-refractivity contribution in [3.05, 3.63) is 10.5 Å². The highest BCUT2D eigenvalue weighted by molar-refractivity contribution is 7.89. The van der Waals surface area contributed by atoms with Crippen molar-refractivity contribution in [3.8, 4) is 0 Å². The van der Waals surface area contributed by atoms with E-state index in [2.05, 4.69) is 0 Å². The Hall–Kier alpha value is -0.960. The maximum absolute atomic E-state index is 11.3. The van der Waals surface area contributed by atoms with Crippen LogP contribution in [0, 0.1) is 0 Å². The van der Waals surface area contributed by atoms with E-state index in [1.165, 1.54) is 0 Å². The molecule has 0 aromatic carbocycles. The fraction of sp³-hybridized carbons (Fsp3) is 0.727. The maximum atomic E-state index is 11.3. The fourth-order valence-electron chi connectivity index (χ4n) is 1.65. The first-order valence-electron chi connectivity index (χ1n) is 5.95. The number of aliphatic hydroxyl groups is 1. The van der Waals surface area contributed by atoms with E-state index in [1.54, 1.807) is 0 Å². The minimum Gasteiger partial charge on any atom is -0.396 e. The lowest BCUT2D eigenvalue weighted by molar-refractivity contribution is -0.114. The SMILES string of the molecule is CN(C)CCCC(C(N)=O)=C(CCCO)S(=O)(=O)O. The minimum atomic E-state index is -4.48. The second-order valence-corrected chi connectivity index (χ2v) is 5.92. The zero-order chi connectivity index (χ0) is 15.1. The van der Waals surface area contributed by atoms with Crippen LogP contribution in [0.3, 0.4) is 0 Å². The van der Waals surface area contributed by atoms with Crippen LogP contribution in [0.5, 0.6) is 0 Å². The topological polar surface area (TPSA) is 121 Å². The summed E-state index contributed by atoms with van der Waals surface area (Å²) in [6.45, 7) is 0.429. The Balaban J connectivity index is 5.19. The predicted octanol–water partition coefficient (Wildman–Crippen LogP) is -0.272. The average molecular weight is 294 g/mol. The van der Waals surface area contributed by atoms with Crippen LogP contribution in [0.15, 0.2) is 10.5 Å². The highest BCUT2D eigenvalue weighted by Gasteiger charge is 2.22. The lowest BCUT2D eigenvalue weighted by atomic mass is 10.1. The summed E-state index contributed by atoms with van der Waals surface area (Å²) in [5.74, 6) is -0.857. The molecule has 0 fully saturated rings. The summed E-state index contributed by atoms with van der Waals surface area (Å²) in [4.78, 5) is 12.8. The summed E-state index contributed by atoms with van der Waals surface area (Å²) in [7, 11) is -0.777. The molecule has 0 heterocycles. The van der Waals surface area contributed by atoms with Crippen molar-refractivity contribution in [1.29, 1.82) is 0 Å². The fourth-order valence-corrected chi connectivity index (χ4v) is 2.56. The molecule has 0 rings (SSSR count). The molecule has 0 bridgehead atoms. The lowest BCUT2D eigenvalue weighted by Crippen LogP contribution is -2.21. The molecule has 7 nitrogen and oxygen atoms in total. The van der Waals surface area contributed by atoms with Gasteiger partial charge in [0.25, 0.3) is 10.1 Å². The molecule has 0 spiro atoms. The smallest absolute Gasteiger partial charge is 0.291 e. The number of nitrogens with zero attached hydrogens (tertiary/aromatic N) is 1. The van der Waals surface area contributed by atoms with Gasteiger partial charge in [-0.15, -0.1) is 0 Å². The second-order valence-electron chi connectivity index (χ2n) is 4.48. The molecule has 19 heavy (non-hydrogen) atoms. The molecule has 0 saturated carbocycles. The van der Waals surface area contributed by atoms with Crippen LogP contribution in [0.1, 0.15) is 25.7 Å². The normalized spacial score (nSPS) is 13.5. The largest absolute Gasteiger partial charge is 0.396 e. The van der Waals surface area contributed by atoms with Gasteiger partial charge in [-0.05, 0) is 46.3 Å². The molecule has 4 N–H and O–H groups in total. The first kappa shape index (κ1) is 18.0. The minimum absolute atomic E-state index is 0.0854. The molecule has 0 aliphatic heterocycles. The van der Waals surface area contributed by atoms with Gasteiger partial charge >= 0.3 is 0 Å². The van der Waals surface area contributed by atoms with E-state index in [-0.39, 0.29) is 36.3 Å². The van der Waals surface area contributed by atoms with E-state index in [4.69, 9.17) is 15.4 Å². The van der Waals surface area contributed by atoms with Crippen molar-refractivity contribution in [2.24, 2.45) is 5.73 Å². The number of amides is 1. The molecule has 0 aromatic heterocycles. The number of hydrogen-bond acceptors (Lipinski definition) is 5. The molecule has 0 atom stereocenters. The summed E-state index contributed by atoms with van der Waals surface area (Å²) in [6.07, 6.45) is 0.757. The lowest BCUT2D eigenvalue weighted by Gasteiger charge is -2.12. The van der Waals surface area contributed by atoms with E-state index in [0.717, 1.165) is 0 Å². The maximum Gasteiger partial charge on any atom is 0.291 e. The van der Waals surface area contributed by atoms with Crippen molar-refractivity contribution >= 4 is 16.0 Å².